The first kappa shape index (κ1) is 20.7. The highest BCUT2D eigenvalue weighted by molar-refractivity contribution is 14.0. The third-order valence-electron chi connectivity index (χ3n) is 4.09. The number of guanidine groups is 1. The number of methoxy groups -OCH3 is 1. The van der Waals surface area contributed by atoms with Crippen LogP contribution in [-0.4, -0.2) is 38.2 Å². The Morgan fingerprint density at radius 3 is 2.50 bits per heavy atom. The smallest absolute Gasteiger partial charge is 0.337 e. The van der Waals surface area contributed by atoms with Gasteiger partial charge in [-0.1, -0.05) is 25.0 Å². The molecule has 6 heteroatoms. The van der Waals surface area contributed by atoms with Gasteiger partial charge in [-0.3, -0.25) is 4.99 Å². The number of aliphatic imine (C=N–C) groups is 1. The average molecular weight is 445 g/mol. The Balaban J connectivity index is 0.00000288. The van der Waals surface area contributed by atoms with Crippen molar-refractivity contribution in [3.05, 3.63) is 35.4 Å². The second-order valence-corrected chi connectivity index (χ2v) is 5.82. The van der Waals surface area contributed by atoms with Crippen LogP contribution in [-0.2, 0) is 11.2 Å². The monoisotopic (exact) mass is 445 g/mol. The molecule has 5 nitrogen and oxygen atoms in total. The van der Waals surface area contributed by atoms with E-state index >= 15 is 0 Å². The van der Waals surface area contributed by atoms with Gasteiger partial charge in [-0.15, -0.1) is 24.0 Å². The van der Waals surface area contributed by atoms with Gasteiger partial charge in [-0.2, -0.15) is 0 Å². The molecule has 0 spiro atoms. The molecule has 0 bridgehead atoms. The Morgan fingerprint density at radius 1 is 1.25 bits per heavy atom. The highest BCUT2D eigenvalue weighted by atomic mass is 127. The van der Waals surface area contributed by atoms with Gasteiger partial charge in [-0.05, 0) is 43.9 Å². The zero-order valence-corrected chi connectivity index (χ0v) is 16.8. The van der Waals surface area contributed by atoms with Gasteiger partial charge in [-0.25, -0.2) is 4.79 Å². The number of ether oxygens (including phenoxy) is 1. The lowest BCUT2D eigenvalue weighted by Gasteiger charge is -2.16. The number of nitrogens with zero attached hydrogens (tertiary/aromatic N) is 1. The van der Waals surface area contributed by atoms with Crippen molar-refractivity contribution >= 4 is 35.9 Å². The summed E-state index contributed by atoms with van der Waals surface area (Å²) in [5.41, 5.74) is 1.74. The van der Waals surface area contributed by atoms with Crippen LogP contribution in [0.15, 0.2) is 29.3 Å². The van der Waals surface area contributed by atoms with Gasteiger partial charge in [0.05, 0.1) is 12.7 Å². The van der Waals surface area contributed by atoms with Crippen molar-refractivity contribution < 1.29 is 9.53 Å². The van der Waals surface area contributed by atoms with Crippen LogP contribution >= 0.6 is 24.0 Å². The lowest BCUT2D eigenvalue weighted by molar-refractivity contribution is 0.0600. The zero-order valence-electron chi connectivity index (χ0n) is 14.5. The van der Waals surface area contributed by atoms with E-state index in [1.54, 1.807) is 12.1 Å². The number of carbonyl (C=O) groups excluding carboxylic acids is 1. The molecule has 0 atom stereocenters. The molecule has 0 heterocycles. The summed E-state index contributed by atoms with van der Waals surface area (Å²) >= 11 is 0. The Kier molecular flexibility index (Phi) is 9.75. The third-order valence-corrected chi connectivity index (χ3v) is 4.09. The molecule has 0 aliphatic heterocycles. The van der Waals surface area contributed by atoms with Crippen LogP contribution in [0.2, 0.25) is 0 Å². The van der Waals surface area contributed by atoms with Crippen LogP contribution in [0.4, 0.5) is 0 Å². The summed E-state index contributed by atoms with van der Waals surface area (Å²) in [5, 5.41) is 6.82. The first-order valence-corrected chi connectivity index (χ1v) is 8.45. The van der Waals surface area contributed by atoms with Crippen LogP contribution in [0.1, 0.15) is 48.5 Å². The fourth-order valence-corrected chi connectivity index (χ4v) is 2.81. The molecule has 0 unspecified atom stereocenters. The van der Waals surface area contributed by atoms with Crippen LogP contribution in [0.25, 0.3) is 0 Å². The van der Waals surface area contributed by atoms with Crippen molar-refractivity contribution in [1.82, 2.24) is 10.6 Å². The van der Waals surface area contributed by atoms with E-state index in [9.17, 15) is 4.79 Å². The minimum Gasteiger partial charge on any atom is -0.465 e. The number of esters is 1. The zero-order chi connectivity index (χ0) is 16.5. The number of rotatable bonds is 6. The number of hydrogen-bond donors (Lipinski definition) is 2. The first-order valence-electron chi connectivity index (χ1n) is 8.45. The Bertz CT molecular complexity index is 526. The molecular weight excluding hydrogens is 417 g/mol. The van der Waals surface area contributed by atoms with E-state index in [-0.39, 0.29) is 29.9 Å². The summed E-state index contributed by atoms with van der Waals surface area (Å²) in [6.07, 6.45) is 5.94. The maximum Gasteiger partial charge on any atom is 0.337 e. The number of halogens is 1. The second kappa shape index (κ2) is 11.3. The summed E-state index contributed by atoms with van der Waals surface area (Å²) in [4.78, 5) is 16.1. The van der Waals surface area contributed by atoms with Gasteiger partial charge in [0.25, 0.3) is 0 Å². The molecule has 0 amide bonds. The van der Waals surface area contributed by atoms with E-state index in [2.05, 4.69) is 22.5 Å². The summed E-state index contributed by atoms with van der Waals surface area (Å²) in [6, 6.07) is 8.07. The van der Waals surface area contributed by atoms with Crippen molar-refractivity contribution in [3.63, 3.8) is 0 Å². The molecule has 0 radical (unpaired) electrons. The first-order chi connectivity index (χ1) is 11.2. The predicted molar refractivity (Wildman–Crippen MR) is 108 cm³/mol. The van der Waals surface area contributed by atoms with Crippen LogP contribution < -0.4 is 10.6 Å². The molecule has 2 N–H and O–H groups in total. The molecule has 1 saturated carbocycles. The standard InChI is InChI=1S/C18H27N3O2.HI/c1-3-19-18(21-16-6-4-5-7-16)20-13-12-14-8-10-15(11-9-14)17(22)23-2;/h8-11,16H,3-7,12-13H2,1-2H3,(H2,19,20,21);1H. The molecule has 0 aromatic heterocycles. The fraction of sp³-hybridized carbons (Fsp3) is 0.556. The molecule has 2 rings (SSSR count). The number of carbonyl (C=O) groups is 1. The summed E-state index contributed by atoms with van der Waals surface area (Å²) in [5.74, 6) is 0.607. The van der Waals surface area contributed by atoms with Crippen molar-refractivity contribution in [2.75, 3.05) is 20.2 Å². The molecule has 1 fully saturated rings. The van der Waals surface area contributed by atoms with Gasteiger partial charge in [0.15, 0.2) is 5.96 Å². The van der Waals surface area contributed by atoms with Crippen molar-refractivity contribution in [1.29, 1.82) is 0 Å². The summed E-state index contributed by atoms with van der Waals surface area (Å²) in [6.45, 7) is 3.67. The Hall–Kier alpha value is -1.31. The maximum absolute atomic E-state index is 11.4. The molecule has 1 aromatic rings. The third kappa shape index (κ3) is 6.67. The normalized spacial score (nSPS) is 14.8. The van der Waals surface area contributed by atoms with Crippen LogP contribution in [0.5, 0.6) is 0 Å². The van der Waals surface area contributed by atoms with E-state index in [0.29, 0.717) is 11.6 Å². The molecule has 134 valence electrons. The highest BCUT2D eigenvalue weighted by Crippen LogP contribution is 2.17. The molecule has 1 aliphatic carbocycles. The lowest BCUT2D eigenvalue weighted by atomic mass is 10.1. The van der Waals surface area contributed by atoms with Crippen LogP contribution in [0, 0.1) is 0 Å². The van der Waals surface area contributed by atoms with Crippen molar-refractivity contribution in [2.45, 2.75) is 45.1 Å². The van der Waals surface area contributed by atoms with E-state index in [4.69, 9.17) is 4.74 Å². The van der Waals surface area contributed by atoms with Gasteiger partial charge >= 0.3 is 5.97 Å². The number of benzene rings is 1. The van der Waals surface area contributed by atoms with Crippen molar-refractivity contribution in [3.8, 4) is 0 Å². The minimum atomic E-state index is -0.301. The number of nitrogens with one attached hydrogen (secondary N) is 2. The molecule has 24 heavy (non-hydrogen) atoms. The van der Waals surface area contributed by atoms with Crippen molar-refractivity contribution in [2.24, 2.45) is 4.99 Å². The topological polar surface area (TPSA) is 62.7 Å². The Morgan fingerprint density at radius 2 is 1.92 bits per heavy atom. The predicted octanol–water partition coefficient (Wildman–Crippen LogP) is 3.13. The SMILES string of the molecule is CCNC(=NCCc1ccc(C(=O)OC)cc1)NC1CCCC1.I. The molecule has 1 aromatic carbocycles. The van der Waals surface area contributed by atoms with Crippen LogP contribution in [0.3, 0.4) is 0 Å². The van der Waals surface area contributed by atoms with E-state index < -0.39 is 0 Å². The minimum absolute atomic E-state index is 0. The van der Waals surface area contributed by atoms with E-state index in [0.717, 1.165) is 31.0 Å². The highest BCUT2D eigenvalue weighted by Gasteiger charge is 2.15. The van der Waals surface area contributed by atoms with E-state index in [1.807, 2.05) is 12.1 Å². The quantitative estimate of drug-likeness (QED) is 0.306. The molecule has 1 aliphatic rings. The largest absolute Gasteiger partial charge is 0.465 e. The average Bonchev–Trinajstić information content (AvgIpc) is 3.08. The lowest BCUT2D eigenvalue weighted by Crippen LogP contribution is -2.42. The van der Waals surface area contributed by atoms with E-state index in [1.165, 1.54) is 32.8 Å². The second-order valence-electron chi connectivity index (χ2n) is 5.82. The summed E-state index contributed by atoms with van der Waals surface area (Å²) < 4.78 is 4.70. The molecular formula is C18H28IN3O2. The van der Waals surface area contributed by atoms with Gasteiger partial charge in [0.2, 0.25) is 0 Å². The Labute approximate surface area is 161 Å². The molecule has 0 saturated heterocycles. The van der Waals surface area contributed by atoms with Gasteiger partial charge in [0.1, 0.15) is 0 Å². The fourth-order valence-electron chi connectivity index (χ4n) is 2.81. The number of hydrogen-bond acceptors (Lipinski definition) is 3. The van der Waals surface area contributed by atoms with Gasteiger partial charge in [0, 0.05) is 19.1 Å². The summed E-state index contributed by atoms with van der Waals surface area (Å²) in [7, 11) is 1.39. The maximum atomic E-state index is 11.4. The van der Waals surface area contributed by atoms with Gasteiger partial charge < -0.3 is 15.4 Å².